The Morgan fingerprint density at radius 2 is 1.83 bits per heavy atom. The number of hydrogen-bond donors (Lipinski definition) is 1. The summed E-state index contributed by atoms with van der Waals surface area (Å²) < 4.78 is 20.9. The van der Waals surface area contributed by atoms with Gasteiger partial charge < -0.3 is 14.3 Å². The molecule has 4 nitrogen and oxygen atoms in total. The number of carbonyl (C=O) groups is 1. The lowest BCUT2D eigenvalue weighted by Crippen LogP contribution is -2.24. The van der Waals surface area contributed by atoms with Crippen molar-refractivity contribution >= 4 is 28.4 Å². The molecule has 1 atom stereocenters. The molecule has 35 heavy (non-hydrogen) atoms. The zero-order valence-corrected chi connectivity index (χ0v) is 19.7. The zero-order chi connectivity index (χ0) is 24.2. The van der Waals surface area contributed by atoms with Gasteiger partial charge in [0.1, 0.15) is 11.6 Å². The van der Waals surface area contributed by atoms with Crippen molar-refractivity contribution in [3.63, 3.8) is 0 Å². The summed E-state index contributed by atoms with van der Waals surface area (Å²) in [5, 5.41) is 4.65. The van der Waals surface area contributed by atoms with E-state index in [-0.39, 0.29) is 24.1 Å². The van der Waals surface area contributed by atoms with Crippen molar-refractivity contribution in [3.05, 3.63) is 131 Å². The monoisotopic (exact) mass is 486 g/mol. The summed E-state index contributed by atoms with van der Waals surface area (Å²) in [4.78, 5) is 13.0. The van der Waals surface area contributed by atoms with Crippen molar-refractivity contribution < 1.29 is 13.6 Å². The molecule has 0 spiro atoms. The van der Waals surface area contributed by atoms with Gasteiger partial charge in [0.15, 0.2) is 0 Å². The molecule has 6 heteroatoms. The van der Waals surface area contributed by atoms with Crippen molar-refractivity contribution in [3.8, 4) is 0 Å². The molecule has 0 bridgehead atoms. The minimum atomic E-state index is -0.256. The Morgan fingerprint density at radius 1 is 1.00 bits per heavy atom. The average molecular weight is 487 g/mol. The molecule has 0 radical (unpaired) electrons. The second-order valence-electron chi connectivity index (χ2n) is 8.52. The van der Waals surface area contributed by atoms with E-state index in [0.29, 0.717) is 23.9 Å². The number of benzene rings is 3. The fourth-order valence-corrected chi connectivity index (χ4v) is 4.66. The SMILES string of the molecule is O=C(C[C@H](c1cccc(Cl)c1)c1cn(Cc2ccc(F)cc2)c2ccccc12)NCc1ccco1. The number of fused-ring (bicyclic) bond motifs is 1. The maximum Gasteiger partial charge on any atom is 0.221 e. The Balaban J connectivity index is 1.51. The Kier molecular flexibility index (Phi) is 6.68. The Hall–Kier alpha value is -3.83. The van der Waals surface area contributed by atoms with Gasteiger partial charge in [0.25, 0.3) is 0 Å². The van der Waals surface area contributed by atoms with Crippen LogP contribution in [0.25, 0.3) is 10.9 Å². The predicted molar refractivity (Wildman–Crippen MR) is 136 cm³/mol. The zero-order valence-electron chi connectivity index (χ0n) is 19.0. The maximum atomic E-state index is 13.4. The number of para-hydroxylation sites is 1. The molecule has 0 saturated heterocycles. The highest BCUT2D eigenvalue weighted by Gasteiger charge is 2.23. The molecule has 0 fully saturated rings. The highest BCUT2D eigenvalue weighted by atomic mass is 35.5. The summed E-state index contributed by atoms with van der Waals surface area (Å²) in [6.45, 7) is 0.925. The summed E-state index contributed by atoms with van der Waals surface area (Å²) in [6.07, 6.45) is 3.94. The van der Waals surface area contributed by atoms with E-state index >= 15 is 0 Å². The molecule has 1 N–H and O–H groups in total. The lowest BCUT2D eigenvalue weighted by Gasteiger charge is -2.17. The molecule has 2 aromatic heterocycles. The first-order valence-electron chi connectivity index (χ1n) is 11.4. The van der Waals surface area contributed by atoms with Crippen LogP contribution in [-0.2, 0) is 17.9 Å². The van der Waals surface area contributed by atoms with Crippen LogP contribution < -0.4 is 5.32 Å². The molecule has 2 heterocycles. The molecule has 0 saturated carbocycles. The molecule has 0 aliphatic carbocycles. The lowest BCUT2D eigenvalue weighted by atomic mass is 9.88. The van der Waals surface area contributed by atoms with E-state index in [2.05, 4.69) is 28.2 Å². The van der Waals surface area contributed by atoms with Gasteiger partial charge in [-0.3, -0.25) is 4.79 Å². The summed E-state index contributed by atoms with van der Waals surface area (Å²) in [6, 6.07) is 25.9. The van der Waals surface area contributed by atoms with Crippen LogP contribution in [0.4, 0.5) is 4.39 Å². The molecule has 0 aliphatic rings. The van der Waals surface area contributed by atoms with E-state index in [0.717, 1.165) is 27.6 Å². The number of halogens is 2. The van der Waals surface area contributed by atoms with Gasteiger partial charge in [0.05, 0.1) is 12.8 Å². The third kappa shape index (κ3) is 5.31. The summed E-state index contributed by atoms with van der Waals surface area (Å²) in [7, 11) is 0. The number of amides is 1. The Bertz CT molecular complexity index is 1440. The minimum Gasteiger partial charge on any atom is -0.467 e. The van der Waals surface area contributed by atoms with Gasteiger partial charge >= 0.3 is 0 Å². The molecule has 0 aliphatic heterocycles. The van der Waals surface area contributed by atoms with E-state index in [9.17, 15) is 9.18 Å². The summed E-state index contributed by atoms with van der Waals surface area (Å²) in [5.74, 6) is 0.161. The van der Waals surface area contributed by atoms with Crippen LogP contribution in [0.1, 0.15) is 34.8 Å². The Labute approximate surface area is 208 Å². The number of rotatable bonds is 8. The molecule has 1 amide bonds. The number of hydrogen-bond acceptors (Lipinski definition) is 2. The third-order valence-electron chi connectivity index (χ3n) is 6.14. The molecular formula is C29H24ClFN2O2. The van der Waals surface area contributed by atoms with Gasteiger partial charge in [-0.15, -0.1) is 0 Å². The van der Waals surface area contributed by atoms with Gasteiger partial charge in [-0.25, -0.2) is 4.39 Å². The van der Waals surface area contributed by atoms with Gasteiger partial charge in [-0.05, 0) is 59.2 Å². The smallest absolute Gasteiger partial charge is 0.221 e. The quantitative estimate of drug-likeness (QED) is 0.259. The number of furan rings is 1. The molecule has 176 valence electrons. The fourth-order valence-electron chi connectivity index (χ4n) is 4.46. The minimum absolute atomic E-state index is 0.0817. The molecule has 0 unspecified atom stereocenters. The van der Waals surface area contributed by atoms with E-state index < -0.39 is 0 Å². The van der Waals surface area contributed by atoms with Gasteiger partial charge in [0.2, 0.25) is 5.91 Å². The molecule has 5 rings (SSSR count). The van der Waals surface area contributed by atoms with Crippen LogP contribution in [0.3, 0.4) is 0 Å². The summed E-state index contributed by atoms with van der Waals surface area (Å²) >= 11 is 6.34. The maximum absolute atomic E-state index is 13.4. The van der Waals surface area contributed by atoms with Crippen LogP contribution in [0.2, 0.25) is 5.02 Å². The number of aromatic nitrogens is 1. The molecule has 5 aromatic rings. The second kappa shape index (κ2) is 10.2. The first-order chi connectivity index (χ1) is 17.1. The normalized spacial score (nSPS) is 12.1. The number of nitrogens with zero attached hydrogens (tertiary/aromatic N) is 1. The second-order valence-corrected chi connectivity index (χ2v) is 8.96. The van der Waals surface area contributed by atoms with Crippen LogP contribution in [-0.4, -0.2) is 10.5 Å². The van der Waals surface area contributed by atoms with E-state index in [1.165, 1.54) is 12.1 Å². The first-order valence-corrected chi connectivity index (χ1v) is 11.8. The van der Waals surface area contributed by atoms with Gasteiger partial charge in [-0.2, -0.15) is 0 Å². The standard InChI is InChI=1S/C29H24ClFN2O2/c30-22-6-3-5-21(15-22)26(16-29(34)32-17-24-7-4-14-35-24)27-19-33(28-9-2-1-8-25(27)28)18-20-10-12-23(31)13-11-20/h1-15,19,26H,16-18H2,(H,32,34)/t26-/m1/s1. The average Bonchev–Trinajstić information content (AvgIpc) is 3.51. The molecular weight excluding hydrogens is 463 g/mol. The largest absolute Gasteiger partial charge is 0.467 e. The van der Waals surface area contributed by atoms with E-state index in [1.54, 1.807) is 24.5 Å². The van der Waals surface area contributed by atoms with Crippen LogP contribution in [0.5, 0.6) is 0 Å². The van der Waals surface area contributed by atoms with Crippen molar-refractivity contribution in [1.29, 1.82) is 0 Å². The van der Waals surface area contributed by atoms with Crippen molar-refractivity contribution in [2.45, 2.75) is 25.4 Å². The number of nitrogens with one attached hydrogen (secondary N) is 1. The lowest BCUT2D eigenvalue weighted by molar-refractivity contribution is -0.121. The highest BCUT2D eigenvalue weighted by Crippen LogP contribution is 2.36. The highest BCUT2D eigenvalue weighted by molar-refractivity contribution is 6.30. The van der Waals surface area contributed by atoms with Crippen molar-refractivity contribution in [2.75, 3.05) is 0 Å². The fraction of sp³-hybridized carbons (Fsp3) is 0.138. The van der Waals surface area contributed by atoms with Crippen LogP contribution in [0.15, 0.2) is 102 Å². The third-order valence-corrected chi connectivity index (χ3v) is 6.38. The predicted octanol–water partition coefficient (Wildman–Crippen LogP) is 6.91. The molecule has 3 aromatic carbocycles. The van der Waals surface area contributed by atoms with E-state index in [1.807, 2.05) is 42.5 Å². The van der Waals surface area contributed by atoms with Crippen molar-refractivity contribution in [1.82, 2.24) is 9.88 Å². The number of carbonyl (C=O) groups excluding carboxylic acids is 1. The van der Waals surface area contributed by atoms with Crippen molar-refractivity contribution in [2.24, 2.45) is 0 Å². The topological polar surface area (TPSA) is 47.2 Å². The van der Waals surface area contributed by atoms with E-state index in [4.69, 9.17) is 16.0 Å². The summed E-state index contributed by atoms with van der Waals surface area (Å²) in [5.41, 5.74) is 4.05. The van der Waals surface area contributed by atoms with Crippen LogP contribution in [0, 0.1) is 5.82 Å². The first kappa shape index (κ1) is 22.9. The van der Waals surface area contributed by atoms with Gasteiger partial charge in [-0.1, -0.05) is 54.1 Å². The van der Waals surface area contributed by atoms with Gasteiger partial charge in [0, 0.05) is 41.0 Å². The Morgan fingerprint density at radius 3 is 2.60 bits per heavy atom. The van der Waals surface area contributed by atoms with Crippen LogP contribution >= 0.6 is 11.6 Å².